The molecule has 6 nitrogen and oxygen atoms in total. The Labute approximate surface area is 165 Å². The fraction of sp³-hybridized carbons (Fsp3) is 0.409. The molecule has 2 saturated heterocycles. The molecule has 28 heavy (non-hydrogen) atoms. The molecule has 0 aromatic heterocycles. The molecule has 2 aromatic rings. The molecule has 0 aliphatic carbocycles. The number of ether oxygens (including phenoxy) is 2. The highest BCUT2D eigenvalue weighted by Crippen LogP contribution is 2.33. The van der Waals surface area contributed by atoms with E-state index in [9.17, 15) is 4.79 Å². The molecular weight excluding hydrogens is 356 g/mol. The van der Waals surface area contributed by atoms with Crippen LogP contribution >= 0.6 is 0 Å². The van der Waals surface area contributed by atoms with Gasteiger partial charge in [-0.1, -0.05) is 48.5 Å². The molecule has 1 amide bonds. The summed E-state index contributed by atoms with van der Waals surface area (Å²) < 4.78 is 11.1. The van der Waals surface area contributed by atoms with Crippen molar-refractivity contribution in [3.05, 3.63) is 65.7 Å². The highest BCUT2D eigenvalue weighted by atomic mass is 16.6. The Morgan fingerprint density at radius 1 is 1.07 bits per heavy atom. The smallest absolute Gasteiger partial charge is 0.410 e. The van der Waals surface area contributed by atoms with Gasteiger partial charge in [0.1, 0.15) is 19.0 Å². The van der Waals surface area contributed by atoms with E-state index in [2.05, 4.69) is 23.1 Å². The van der Waals surface area contributed by atoms with Crippen LogP contribution in [0.1, 0.15) is 11.1 Å². The van der Waals surface area contributed by atoms with E-state index >= 15 is 0 Å². The summed E-state index contributed by atoms with van der Waals surface area (Å²) in [4.78, 5) is 16.6. The Morgan fingerprint density at radius 2 is 1.86 bits per heavy atom. The Kier molecular flexibility index (Phi) is 5.50. The third-order valence-electron chi connectivity index (χ3n) is 5.51. The number of piperazine rings is 1. The van der Waals surface area contributed by atoms with E-state index in [0.717, 1.165) is 37.4 Å². The zero-order valence-electron chi connectivity index (χ0n) is 15.9. The first kappa shape index (κ1) is 18.8. The van der Waals surface area contributed by atoms with Gasteiger partial charge in [0.2, 0.25) is 0 Å². The number of hydrogen-bond acceptors (Lipinski definition) is 5. The lowest BCUT2D eigenvalue weighted by molar-refractivity contribution is 0.0471. The molecule has 6 heteroatoms. The predicted molar refractivity (Wildman–Crippen MR) is 105 cm³/mol. The number of benzene rings is 2. The third-order valence-corrected chi connectivity index (χ3v) is 5.51. The molecule has 2 fully saturated rings. The maximum atomic E-state index is 12.3. The van der Waals surface area contributed by atoms with E-state index in [0.29, 0.717) is 13.2 Å². The summed E-state index contributed by atoms with van der Waals surface area (Å²) in [6.45, 7) is 3.63. The quantitative estimate of drug-likeness (QED) is 0.796. The normalized spacial score (nSPS) is 22.0. The molecule has 148 valence electrons. The minimum absolute atomic E-state index is 0.00730. The average molecular weight is 382 g/mol. The lowest BCUT2D eigenvalue weighted by atomic mass is 9.88. The van der Waals surface area contributed by atoms with Crippen molar-refractivity contribution in [2.24, 2.45) is 0 Å². The van der Waals surface area contributed by atoms with Crippen molar-refractivity contribution in [2.45, 2.75) is 18.5 Å². The average Bonchev–Trinajstić information content (AvgIpc) is 3.04. The molecule has 0 bridgehead atoms. The van der Waals surface area contributed by atoms with E-state index in [1.165, 1.54) is 5.56 Å². The molecule has 0 saturated carbocycles. The summed E-state index contributed by atoms with van der Waals surface area (Å²) in [7, 11) is 0. The monoisotopic (exact) mass is 382 g/mol. The van der Waals surface area contributed by atoms with Gasteiger partial charge in [0.05, 0.1) is 12.1 Å². The van der Waals surface area contributed by atoms with Crippen molar-refractivity contribution < 1.29 is 19.4 Å². The predicted octanol–water partition coefficient (Wildman–Crippen LogP) is 2.31. The van der Waals surface area contributed by atoms with Gasteiger partial charge >= 0.3 is 6.09 Å². The molecule has 1 atom stereocenters. The van der Waals surface area contributed by atoms with Gasteiger partial charge in [0.25, 0.3) is 0 Å². The topological polar surface area (TPSA) is 62.2 Å². The Bertz CT molecular complexity index is 813. The lowest BCUT2D eigenvalue weighted by Crippen LogP contribution is -2.62. The zero-order chi connectivity index (χ0) is 19.4. The second kappa shape index (κ2) is 8.20. The maximum Gasteiger partial charge on any atom is 0.410 e. The number of aliphatic hydroxyl groups excluding tert-OH is 1. The first-order valence-electron chi connectivity index (χ1n) is 9.72. The van der Waals surface area contributed by atoms with Gasteiger partial charge in [-0.05, 0) is 11.6 Å². The number of hydrogen-bond donors (Lipinski definition) is 1. The third kappa shape index (κ3) is 3.84. The number of nitrogens with zero attached hydrogens (tertiary/aromatic N) is 2. The number of carbonyl (C=O) groups excluding carboxylic acids is 1. The molecule has 4 rings (SSSR count). The van der Waals surface area contributed by atoms with Crippen molar-refractivity contribution in [3.63, 3.8) is 0 Å². The molecule has 0 radical (unpaired) electrons. The molecule has 0 spiro atoms. The van der Waals surface area contributed by atoms with Crippen LogP contribution in [0.3, 0.4) is 0 Å². The fourth-order valence-electron chi connectivity index (χ4n) is 4.23. The van der Waals surface area contributed by atoms with Crippen molar-refractivity contribution in [1.82, 2.24) is 9.80 Å². The van der Waals surface area contributed by atoms with Crippen LogP contribution in [-0.2, 0) is 17.7 Å². The van der Waals surface area contributed by atoms with Crippen LogP contribution in [0, 0.1) is 0 Å². The summed E-state index contributed by atoms with van der Waals surface area (Å²) in [5, 5.41) is 9.05. The zero-order valence-corrected chi connectivity index (χ0v) is 15.9. The van der Waals surface area contributed by atoms with Crippen LogP contribution < -0.4 is 4.74 Å². The minimum Gasteiger partial charge on any atom is -0.491 e. The minimum atomic E-state index is -0.336. The van der Waals surface area contributed by atoms with Gasteiger partial charge in [0, 0.05) is 38.2 Å². The number of aliphatic hydroxyl groups is 1. The van der Waals surface area contributed by atoms with Crippen LogP contribution in [-0.4, -0.2) is 66.0 Å². The summed E-state index contributed by atoms with van der Waals surface area (Å²) in [6, 6.07) is 18.2. The Hall–Kier alpha value is -2.57. The van der Waals surface area contributed by atoms with Gasteiger partial charge in [-0.3, -0.25) is 9.80 Å². The number of amides is 1. The van der Waals surface area contributed by atoms with Crippen LogP contribution in [0.4, 0.5) is 4.79 Å². The SMILES string of the molecule is O=C1OCC2(Cc3ccccc3)CN(Cc3ccccc3OCCO)CCN12. The molecule has 2 heterocycles. The largest absolute Gasteiger partial charge is 0.491 e. The van der Waals surface area contributed by atoms with Crippen LogP contribution in [0.5, 0.6) is 5.75 Å². The number of fused-ring (bicyclic) bond motifs is 1. The van der Waals surface area contributed by atoms with Crippen LogP contribution in [0.15, 0.2) is 54.6 Å². The standard InChI is InChI=1S/C22H26N2O4/c25-12-13-27-20-9-5-4-8-19(20)15-23-10-11-24-21(26)28-17-22(24,16-23)14-18-6-2-1-3-7-18/h1-9,25H,10-17H2. The van der Waals surface area contributed by atoms with Gasteiger partial charge in [-0.15, -0.1) is 0 Å². The summed E-state index contributed by atoms with van der Waals surface area (Å²) in [5.41, 5.74) is 1.96. The van der Waals surface area contributed by atoms with Gasteiger partial charge in [-0.25, -0.2) is 4.79 Å². The number of cyclic esters (lactones) is 1. The molecule has 2 aromatic carbocycles. The van der Waals surface area contributed by atoms with Crippen molar-refractivity contribution >= 4 is 6.09 Å². The Morgan fingerprint density at radius 3 is 2.68 bits per heavy atom. The highest BCUT2D eigenvalue weighted by Gasteiger charge is 2.50. The second-order valence-corrected chi connectivity index (χ2v) is 7.48. The van der Waals surface area contributed by atoms with Crippen LogP contribution in [0.25, 0.3) is 0 Å². The Balaban J connectivity index is 1.52. The second-order valence-electron chi connectivity index (χ2n) is 7.48. The maximum absolute atomic E-state index is 12.3. The van der Waals surface area contributed by atoms with Crippen molar-refractivity contribution in [2.75, 3.05) is 39.5 Å². The van der Waals surface area contributed by atoms with E-state index in [-0.39, 0.29) is 24.8 Å². The van der Waals surface area contributed by atoms with Crippen molar-refractivity contribution in [3.8, 4) is 5.75 Å². The van der Waals surface area contributed by atoms with E-state index in [1.807, 2.05) is 41.3 Å². The summed E-state index contributed by atoms with van der Waals surface area (Å²) in [6.07, 6.45) is 0.570. The number of para-hydroxylation sites is 1. The molecule has 2 aliphatic heterocycles. The number of carbonyl (C=O) groups is 1. The molecule has 1 N–H and O–H groups in total. The highest BCUT2D eigenvalue weighted by molar-refractivity contribution is 5.71. The van der Waals surface area contributed by atoms with E-state index < -0.39 is 0 Å². The fourth-order valence-corrected chi connectivity index (χ4v) is 4.23. The van der Waals surface area contributed by atoms with Gasteiger partial charge in [-0.2, -0.15) is 0 Å². The first-order chi connectivity index (χ1) is 13.7. The summed E-state index contributed by atoms with van der Waals surface area (Å²) in [5.74, 6) is 0.801. The van der Waals surface area contributed by atoms with E-state index in [4.69, 9.17) is 14.6 Å². The van der Waals surface area contributed by atoms with Gasteiger partial charge in [0.15, 0.2) is 0 Å². The molecule has 1 unspecified atom stereocenters. The molecular formula is C22H26N2O4. The van der Waals surface area contributed by atoms with Crippen LogP contribution in [0.2, 0.25) is 0 Å². The number of rotatable bonds is 7. The van der Waals surface area contributed by atoms with Crippen molar-refractivity contribution in [1.29, 1.82) is 0 Å². The van der Waals surface area contributed by atoms with Gasteiger partial charge < -0.3 is 14.6 Å². The molecule has 2 aliphatic rings. The summed E-state index contributed by atoms with van der Waals surface area (Å²) >= 11 is 0. The lowest BCUT2D eigenvalue weighted by Gasteiger charge is -2.45. The first-order valence-corrected chi connectivity index (χ1v) is 9.72. The van der Waals surface area contributed by atoms with E-state index in [1.54, 1.807) is 0 Å².